The number of fused-ring (bicyclic) bond motifs is 4. The van der Waals surface area contributed by atoms with Crippen LogP contribution in [0.3, 0.4) is 0 Å². The lowest BCUT2D eigenvalue weighted by Gasteiger charge is -2.35. The zero-order valence-electron chi connectivity index (χ0n) is 56.1. The second kappa shape index (κ2) is 31.3. The van der Waals surface area contributed by atoms with Crippen molar-refractivity contribution in [3.8, 4) is 34.5 Å². The van der Waals surface area contributed by atoms with Gasteiger partial charge in [-0.15, -0.1) is 0 Å². The van der Waals surface area contributed by atoms with Gasteiger partial charge in [0.15, 0.2) is 41.2 Å². The first-order valence-electron chi connectivity index (χ1n) is 32.4. The Hall–Kier alpha value is -8.66. The van der Waals surface area contributed by atoms with Crippen LogP contribution in [0, 0.1) is 5.41 Å². The van der Waals surface area contributed by atoms with E-state index in [9.17, 15) is 69.6 Å². The Labute approximate surface area is 570 Å². The van der Waals surface area contributed by atoms with Gasteiger partial charge < -0.3 is 108 Å². The molecule has 0 bridgehead atoms. The van der Waals surface area contributed by atoms with Crippen LogP contribution in [-0.2, 0) is 36.9 Å². The van der Waals surface area contributed by atoms with Crippen LogP contribution in [-0.4, -0.2) is 221 Å². The number of rotatable bonds is 24. The lowest BCUT2D eigenvalue weighted by atomic mass is 9.87. The minimum atomic E-state index is -1.68. The SMILES string of the molecule is COCCNC(=O)c1cc(COC(=O)N2c3cc(OCCCCCOc4cc5c(cc4OC)C(=O)N4C=C(C)C[C@H]4C(O)N5C(=O)OCc4ccc(O[C@@H]5OC[C@@H](O)[C@H](O)[C@H]5O)c(C(=O)CC(C)(C)C)c4)c(OC)cc3C(=O)N3C=C(C)C[C@H]3C2O)ccc1O[C@@H]1OC[C@@H](O)[C@H](O)[C@H]1O. The monoisotopic (exact) mass is 1380 g/mol. The Balaban J connectivity index is 0.820. The minimum Gasteiger partial charge on any atom is -0.493 e. The van der Waals surface area contributed by atoms with Crippen molar-refractivity contribution >= 4 is 47.1 Å². The first kappa shape index (κ1) is 73.1. The topological polar surface area (TPSA) is 391 Å². The maximum absolute atomic E-state index is 14.5. The highest BCUT2D eigenvalue weighted by Gasteiger charge is 2.48. The summed E-state index contributed by atoms with van der Waals surface area (Å²) in [4.78, 5) is 89.8. The molecule has 6 aliphatic heterocycles. The molecule has 12 atom stereocenters. The number of carbonyl (C=O) groups excluding carboxylic acids is 6. The molecule has 6 aliphatic rings. The van der Waals surface area contributed by atoms with E-state index in [-0.39, 0.29) is 138 Å². The van der Waals surface area contributed by atoms with Crippen LogP contribution in [0.4, 0.5) is 21.0 Å². The van der Waals surface area contributed by atoms with Crippen molar-refractivity contribution in [3.05, 3.63) is 118 Å². The van der Waals surface area contributed by atoms with Crippen LogP contribution < -0.4 is 43.5 Å². The van der Waals surface area contributed by atoms with Crippen molar-refractivity contribution in [2.24, 2.45) is 5.41 Å². The molecule has 6 heterocycles. The van der Waals surface area contributed by atoms with Crippen molar-refractivity contribution < 1.29 is 122 Å². The van der Waals surface area contributed by atoms with Gasteiger partial charge in [-0.2, -0.15) is 0 Å². The molecular weight excluding hydrogens is 1300 g/mol. The van der Waals surface area contributed by atoms with E-state index in [2.05, 4.69) is 5.32 Å². The molecule has 30 heteroatoms. The number of hydrogen-bond donors (Lipinski definition) is 9. The average Bonchev–Trinajstić information content (AvgIpc) is 1.63. The standard InChI is InChI=1S/C69H85N5O25/c1-35-20-45-63(85)73(67(87)96-31-37-12-14-50(41(22-37)47(75)28-69(3,4)5)98-65-58(80)56(78)48(76)33-94-65)43-26-54(52(90-7)24-39(43)61(83)71(45)29-35)92-17-10-9-11-18-93-55-27-44-40(25-53(55)91-8)62(84)72-30-36(2)21-46(72)64(86)74(44)68(88)97-32-38-13-15-51(42(23-38)60(82)70-16-19-89-6)99-66-59(81)57(79)49(77)34-95-66/h12-15,22-27,29-30,45-46,48-49,56-59,63-66,76-81,85-86H,9-11,16-21,28,31-34H2,1-8H3,(H,70,82)/t45-,46-,48+,49+,56-,57-,58+,59+,63?,64?,65-,66-/m0/s1. The Morgan fingerprint density at radius 3 is 1.43 bits per heavy atom. The number of anilines is 2. The molecule has 10 rings (SSSR count). The number of nitrogens with one attached hydrogen (secondary N) is 1. The molecule has 2 fully saturated rings. The Morgan fingerprint density at radius 2 is 1.00 bits per heavy atom. The van der Waals surface area contributed by atoms with Crippen LogP contribution >= 0.6 is 0 Å². The van der Waals surface area contributed by atoms with Crippen molar-refractivity contribution in [1.29, 1.82) is 0 Å². The van der Waals surface area contributed by atoms with Crippen molar-refractivity contribution in [2.45, 2.75) is 160 Å². The summed E-state index contributed by atoms with van der Waals surface area (Å²) < 4.78 is 63.4. The molecule has 0 aromatic heterocycles. The number of aliphatic hydroxyl groups is 8. The highest BCUT2D eigenvalue weighted by molar-refractivity contribution is 6.08. The summed E-state index contributed by atoms with van der Waals surface area (Å²) in [6.45, 7) is 8.01. The number of Topliss-reactive ketones (excluding diaryl/α,β-unsaturated/α-hetero) is 1. The second-order valence-corrected chi connectivity index (χ2v) is 26.2. The van der Waals surface area contributed by atoms with Gasteiger partial charge in [-0.05, 0) is 98.9 Å². The van der Waals surface area contributed by atoms with E-state index in [0.717, 1.165) is 20.9 Å². The summed E-state index contributed by atoms with van der Waals surface area (Å²) in [5, 5.41) is 88.7. The van der Waals surface area contributed by atoms with Gasteiger partial charge in [-0.1, -0.05) is 44.1 Å². The molecule has 99 heavy (non-hydrogen) atoms. The van der Waals surface area contributed by atoms with Gasteiger partial charge in [-0.25, -0.2) is 19.4 Å². The molecule has 0 saturated carbocycles. The molecule has 2 saturated heterocycles. The van der Waals surface area contributed by atoms with E-state index >= 15 is 0 Å². The molecule has 0 radical (unpaired) electrons. The molecule has 536 valence electrons. The first-order chi connectivity index (χ1) is 47.2. The summed E-state index contributed by atoms with van der Waals surface area (Å²) in [5.41, 5.74) is 1.52. The van der Waals surface area contributed by atoms with E-state index in [1.54, 1.807) is 26.2 Å². The summed E-state index contributed by atoms with van der Waals surface area (Å²) in [6.07, 6.45) is -12.5. The zero-order valence-corrected chi connectivity index (χ0v) is 56.1. The summed E-state index contributed by atoms with van der Waals surface area (Å²) in [7, 11) is 4.22. The van der Waals surface area contributed by atoms with E-state index in [4.69, 9.17) is 52.1 Å². The Morgan fingerprint density at radius 1 is 0.556 bits per heavy atom. The molecular formula is C69H85N5O25. The fourth-order valence-corrected chi connectivity index (χ4v) is 12.3. The van der Waals surface area contributed by atoms with Gasteiger partial charge in [0, 0.05) is 44.6 Å². The molecule has 4 aromatic rings. The Bertz CT molecular complexity index is 3730. The van der Waals surface area contributed by atoms with Gasteiger partial charge in [0.2, 0.25) is 12.6 Å². The lowest BCUT2D eigenvalue weighted by Crippen LogP contribution is -2.54. The predicted molar refractivity (Wildman–Crippen MR) is 347 cm³/mol. The highest BCUT2D eigenvalue weighted by Crippen LogP contribution is 2.45. The summed E-state index contributed by atoms with van der Waals surface area (Å²) in [6, 6.07) is 12.4. The molecule has 9 N–H and O–H groups in total. The van der Waals surface area contributed by atoms with E-state index in [1.165, 1.54) is 91.8 Å². The first-order valence-corrected chi connectivity index (χ1v) is 32.4. The summed E-state index contributed by atoms with van der Waals surface area (Å²) in [5.74, 6) is -1.62. The molecule has 0 aliphatic carbocycles. The number of ether oxygens (including phenoxy) is 11. The number of nitrogens with zero attached hydrogens (tertiary/aromatic N) is 4. The fourth-order valence-electron chi connectivity index (χ4n) is 12.3. The van der Waals surface area contributed by atoms with Crippen molar-refractivity contribution in [3.63, 3.8) is 0 Å². The number of carbonyl (C=O) groups is 6. The van der Waals surface area contributed by atoms with Crippen LogP contribution in [0.1, 0.15) is 126 Å². The van der Waals surface area contributed by atoms with E-state index < -0.39 is 122 Å². The third-order valence-electron chi connectivity index (χ3n) is 17.5. The molecule has 2 unspecified atom stereocenters. The number of unbranched alkanes of at least 4 members (excludes halogenated alkanes) is 2. The van der Waals surface area contributed by atoms with E-state index in [0.29, 0.717) is 24.8 Å². The van der Waals surface area contributed by atoms with Crippen LogP contribution in [0.25, 0.3) is 0 Å². The smallest absolute Gasteiger partial charge is 0.416 e. The van der Waals surface area contributed by atoms with Crippen molar-refractivity contribution in [1.82, 2.24) is 15.1 Å². The normalized spacial score (nSPS) is 25.0. The van der Waals surface area contributed by atoms with Gasteiger partial charge in [0.1, 0.15) is 61.3 Å². The molecule has 30 nitrogen and oxygen atoms in total. The maximum atomic E-state index is 14.5. The number of ketones is 1. The van der Waals surface area contributed by atoms with Gasteiger partial charge in [-0.3, -0.25) is 19.2 Å². The van der Waals surface area contributed by atoms with Crippen molar-refractivity contribution in [2.75, 3.05) is 70.7 Å². The third kappa shape index (κ3) is 16.2. The van der Waals surface area contributed by atoms with E-state index in [1.807, 2.05) is 20.8 Å². The van der Waals surface area contributed by atoms with Gasteiger partial charge >= 0.3 is 12.2 Å². The van der Waals surface area contributed by atoms with Gasteiger partial charge in [0.05, 0.1) is 93.0 Å². The fraction of sp³-hybridized carbons (Fsp3) is 0.507. The second-order valence-electron chi connectivity index (χ2n) is 26.2. The number of hydrogen-bond acceptors (Lipinski definition) is 25. The quantitative estimate of drug-likeness (QED) is 0.0351. The van der Waals surface area contributed by atoms with Crippen LogP contribution in [0.5, 0.6) is 34.5 Å². The third-order valence-corrected chi connectivity index (χ3v) is 17.5. The summed E-state index contributed by atoms with van der Waals surface area (Å²) >= 11 is 0. The molecule has 4 aromatic carbocycles. The highest BCUT2D eigenvalue weighted by atomic mass is 16.7. The molecule has 5 amide bonds. The number of methoxy groups -OCH3 is 3. The Kier molecular flexibility index (Phi) is 23.1. The van der Waals surface area contributed by atoms with Crippen LogP contribution in [0.2, 0.25) is 0 Å². The van der Waals surface area contributed by atoms with Gasteiger partial charge in [0.25, 0.3) is 17.7 Å². The minimum absolute atomic E-state index is 0.00302. The van der Waals surface area contributed by atoms with Crippen LogP contribution in [0.15, 0.2) is 84.2 Å². The zero-order chi connectivity index (χ0) is 71.3. The molecule has 0 spiro atoms. The maximum Gasteiger partial charge on any atom is 0.416 e. The number of amides is 5. The number of benzene rings is 4. The largest absolute Gasteiger partial charge is 0.493 e. The number of aliphatic hydroxyl groups excluding tert-OH is 8. The average molecular weight is 1380 g/mol. The lowest BCUT2D eigenvalue weighted by molar-refractivity contribution is -0.242. The predicted octanol–water partition coefficient (Wildman–Crippen LogP) is 4.15.